The van der Waals surface area contributed by atoms with Crippen molar-refractivity contribution in [3.63, 3.8) is 0 Å². The van der Waals surface area contributed by atoms with Crippen LogP contribution in [-0.4, -0.2) is 19.8 Å². The second-order valence-electron chi connectivity index (χ2n) is 2.98. The zero-order chi connectivity index (χ0) is 11.3. The number of nitrogens with two attached hydrogens (primary N) is 1. The fourth-order valence-corrected chi connectivity index (χ4v) is 1.46. The van der Waals surface area contributed by atoms with E-state index in [0.717, 1.165) is 0 Å². The van der Waals surface area contributed by atoms with Crippen LogP contribution in [0.1, 0.15) is 6.92 Å². The molecule has 0 saturated heterocycles. The molecular formula is C10H14BrFN2O. The molecule has 1 aromatic rings. The quantitative estimate of drug-likeness (QED) is 0.642. The van der Waals surface area contributed by atoms with Gasteiger partial charge in [0.25, 0.3) is 0 Å². The maximum Gasteiger partial charge on any atom is 0.139 e. The highest BCUT2D eigenvalue weighted by molar-refractivity contribution is 9.10. The van der Waals surface area contributed by atoms with Gasteiger partial charge in [-0.3, -0.25) is 0 Å². The molecule has 0 bridgehead atoms. The Morgan fingerprint density at radius 2 is 2.27 bits per heavy atom. The van der Waals surface area contributed by atoms with E-state index < -0.39 is 0 Å². The molecule has 1 rings (SSSR count). The molecule has 1 aromatic carbocycles. The van der Waals surface area contributed by atoms with Crippen molar-refractivity contribution in [1.82, 2.24) is 0 Å². The Hall–Kier alpha value is -0.810. The Balaban J connectivity index is 2.57. The van der Waals surface area contributed by atoms with Gasteiger partial charge < -0.3 is 15.8 Å². The summed E-state index contributed by atoms with van der Waals surface area (Å²) in [4.78, 5) is 0. The van der Waals surface area contributed by atoms with Crippen molar-refractivity contribution in [2.75, 3.05) is 30.8 Å². The minimum Gasteiger partial charge on any atom is -0.397 e. The zero-order valence-corrected chi connectivity index (χ0v) is 10.1. The van der Waals surface area contributed by atoms with Crippen molar-refractivity contribution in [2.24, 2.45) is 0 Å². The largest absolute Gasteiger partial charge is 0.397 e. The van der Waals surface area contributed by atoms with Crippen LogP contribution in [0.2, 0.25) is 0 Å². The zero-order valence-electron chi connectivity index (χ0n) is 8.52. The first kappa shape index (κ1) is 12.3. The number of hydrogen-bond acceptors (Lipinski definition) is 3. The summed E-state index contributed by atoms with van der Waals surface area (Å²) < 4.78 is 18.6. The maximum atomic E-state index is 13.0. The summed E-state index contributed by atoms with van der Waals surface area (Å²) in [5.41, 5.74) is 6.75. The number of ether oxygens (including phenoxy) is 1. The molecular weight excluding hydrogens is 263 g/mol. The van der Waals surface area contributed by atoms with E-state index in [1.165, 1.54) is 6.07 Å². The second kappa shape index (κ2) is 5.92. The highest BCUT2D eigenvalue weighted by Crippen LogP contribution is 2.26. The summed E-state index contributed by atoms with van der Waals surface area (Å²) in [6.45, 7) is 3.87. The minimum atomic E-state index is -0.358. The van der Waals surface area contributed by atoms with Crippen molar-refractivity contribution in [1.29, 1.82) is 0 Å². The Morgan fingerprint density at radius 1 is 1.53 bits per heavy atom. The molecule has 15 heavy (non-hydrogen) atoms. The van der Waals surface area contributed by atoms with E-state index in [1.807, 2.05) is 6.92 Å². The lowest BCUT2D eigenvalue weighted by Crippen LogP contribution is -2.10. The molecule has 0 fully saturated rings. The van der Waals surface area contributed by atoms with Crippen LogP contribution in [0, 0.1) is 5.82 Å². The molecule has 3 nitrogen and oxygen atoms in total. The fraction of sp³-hybridized carbons (Fsp3) is 0.400. The molecule has 0 aromatic heterocycles. The van der Waals surface area contributed by atoms with Gasteiger partial charge in [-0.1, -0.05) is 0 Å². The van der Waals surface area contributed by atoms with Gasteiger partial charge in [0.15, 0.2) is 0 Å². The van der Waals surface area contributed by atoms with Crippen LogP contribution >= 0.6 is 15.9 Å². The van der Waals surface area contributed by atoms with Gasteiger partial charge in [-0.2, -0.15) is 0 Å². The van der Waals surface area contributed by atoms with E-state index >= 15 is 0 Å². The summed E-state index contributed by atoms with van der Waals surface area (Å²) >= 11 is 3.10. The van der Waals surface area contributed by atoms with Crippen LogP contribution in [0.25, 0.3) is 0 Å². The third-order valence-electron chi connectivity index (χ3n) is 1.86. The minimum absolute atomic E-state index is 0.358. The summed E-state index contributed by atoms with van der Waals surface area (Å²) in [5.74, 6) is -0.358. The maximum absolute atomic E-state index is 13.0. The van der Waals surface area contributed by atoms with Crippen molar-refractivity contribution in [3.05, 3.63) is 22.4 Å². The number of anilines is 2. The van der Waals surface area contributed by atoms with E-state index in [1.54, 1.807) is 6.07 Å². The van der Waals surface area contributed by atoms with Gasteiger partial charge in [-0.15, -0.1) is 0 Å². The van der Waals surface area contributed by atoms with Crippen LogP contribution in [0.15, 0.2) is 16.6 Å². The highest BCUT2D eigenvalue weighted by Gasteiger charge is 2.04. The van der Waals surface area contributed by atoms with E-state index in [9.17, 15) is 4.39 Å². The molecule has 0 unspecified atom stereocenters. The monoisotopic (exact) mass is 276 g/mol. The fourth-order valence-electron chi connectivity index (χ4n) is 1.12. The van der Waals surface area contributed by atoms with Crippen LogP contribution in [0.5, 0.6) is 0 Å². The van der Waals surface area contributed by atoms with Gasteiger partial charge in [0.2, 0.25) is 0 Å². The SMILES string of the molecule is CCOCCNc1cc(Br)c(F)cc1N. The topological polar surface area (TPSA) is 47.3 Å². The Bertz CT molecular complexity index is 333. The van der Waals surface area contributed by atoms with Crippen molar-refractivity contribution < 1.29 is 9.13 Å². The van der Waals surface area contributed by atoms with Gasteiger partial charge in [0.1, 0.15) is 5.82 Å². The summed E-state index contributed by atoms with van der Waals surface area (Å²) in [6.07, 6.45) is 0. The average molecular weight is 277 g/mol. The van der Waals surface area contributed by atoms with Crippen LogP contribution in [-0.2, 0) is 4.74 Å². The van der Waals surface area contributed by atoms with Gasteiger partial charge in [-0.25, -0.2) is 4.39 Å². The molecule has 84 valence electrons. The molecule has 0 aliphatic rings. The smallest absolute Gasteiger partial charge is 0.139 e. The van der Waals surface area contributed by atoms with E-state index in [0.29, 0.717) is 35.6 Å². The number of rotatable bonds is 5. The lowest BCUT2D eigenvalue weighted by atomic mass is 10.2. The van der Waals surface area contributed by atoms with Crippen LogP contribution in [0.4, 0.5) is 15.8 Å². The number of benzene rings is 1. The Morgan fingerprint density at radius 3 is 2.93 bits per heavy atom. The third kappa shape index (κ3) is 3.68. The first-order valence-electron chi connectivity index (χ1n) is 4.71. The summed E-state index contributed by atoms with van der Waals surface area (Å²) in [5, 5.41) is 3.07. The molecule has 3 N–H and O–H groups in total. The standard InChI is InChI=1S/C10H14BrFN2O/c1-2-15-4-3-14-10-5-7(11)8(12)6-9(10)13/h5-6,14H,2-4,13H2,1H3. The van der Waals surface area contributed by atoms with Crippen molar-refractivity contribution in [3.8, 4) is 0 Å². The van der Waals surface area contributed by atoms with Crippen molar-refractivity contribution >= 4 is 27.3 Å². The van der Waals surface area contributed by atoms with Gasteiger partial charge >= 0.3 is 0 Å². The van der Waals surface area contributed by atoms with Gasteiger partial charge in [0, 0.05) is 19.2 Å². The lowest BCUT2D eigenvalue weighted by molar-refractivity contribution is 0.158. The predicted octanol–water partition coefficient (Wildman–Crippen LogP) is 2.62. The van der Waals surface area contributed by atoms with E-state index in [2.05, 4.69) is 21.2 Å². The van der Waals surface area contributed by atoms with Gasteiger partial charge in [-0.05, 0) is 28.9 Å². The van der Waals surface area contributed by atoms with E-state index in [-0.39, 0.29) is 5.82 Å². The molecule has 0 radical (unpaired) electrons. The molecule has 5 heteroatoms. The predicted molar refractivity (Wildman–Crippen MR) is 63.5 cm³/mol. The Kier molecular flexibility index (Phi) is 4.84. The Labute approximate surface area is 96.9 Å². The molecule has 0 aliphatic carbocycles. The van der Waals surface area contributed by atoms with Crippen molar-refractivity contribution in [2.45, 2.75) is 6.92 Å². The lowest BCUT2D eigenvalue weighted by Gasteiger charge is -2.10. The second-order valence-corrected chi connectivity index (χ2v) is 3.83. The molecule has 0 amide bonds. The molecule has 0 heterocycles. The molecule has 0 spiro atoms. The van der Waals surface area contributed by atoms with Crippen LogP contribution in [0.3, 0.4) is 0 Å². The normalized spacial score (nSPS) is 10.3. The van der Waals surface area contributed by atoms with E-state index in [4.69, 9.17) is 10.5 Å². The van der Waals surface area contributed by atoms with Crippen LogP contribution < -0.4 is 11.1 Å². The first-order valence-corrected chi connectivity index (χ1v) is 5.50. The first-order chi connectivity index (χ1) is 7.15. The number of nitrogens with one attached hydrogen (secondary N) is 1. The summed E-state index contributed by atoms with van der Waals surface area (Å²) in [7, 11) is 0. The summed E-state index contributed by atoms with van der Waals surface area (Å²) in [6, 6.07) is 2.91. The number of hydrogen-bond donors (Lipinski definition) is 2. The molecule has 0 saturated carbocycles. The highest BCUT2D eigenvalue weighted by atomic mass is 79.9. The average Bonchev–Trinajstić information content (AvgIpc) is 2.20. The van der Waals surface area contributed by atoms with Gasteiger partial charge in [0.05, 0.1) is 22.5 Å². The number of halogens is 2. The number of nitrogen functional groups attached to an aromatic ring is 1. The molecule has 0 aliphatic heterocycles. The third-order valence-corrected chi connectivity index (χ3v) is 2.47. The molecule has 0 atom stereocenters.